The summed E-state index contributed by atoms with van der Waals surface area (Å²) in [6.45, 7) is 3.71. The topological polar surface area (TPSA) is 134 Å². The molecule has 10 heteroatoms. The van der Waals surface area contributed by atoms with Crippen molar-refractivity contribution in [2.24, 2.45) is 5.73 Å². The maximum Gasteiger partial charge on any atom is 0.472 e. The van der Waals surface area contributed by atoms with Crippen LogP contribution in [0.4, 0.5) is 0 Å². The van der Waals surface area contributed by atoms with Gasteiger partial charge in [-0.15, -0.1) is 0 Å². The van der Waals surface area contributed by atoms with Gasteiger partial charge in [0.2, 0.25) is 0 Å². The fraction of sp³-hybridized carbons (Fsp3) is 0.846. The molecule has 3 N–H and O–H groups in total. The van der Waals surface area contributed by atoms with Crippen molar-refractivity contribution < 1.29 is 37.6 Å². The highest BCUT2D eigenvalue weighted by Gasteiger charge is 2.26. The van der Waals surface area contributed by atoms with E-state index in [2.05, 4.69) is 74.6 Å². The van der Waals surface area contributed by atoms with Crippen molar-refractivity contribution in [3.63, 3.8) is 0 Å². The molecule has 0 saturated carbocycles. The molecule has 0 aliphatic heterocycles. The van der Waals surface area contributed by atoms with Gasteiger partial charge in [-0.3, -0.25) is 18.6 Å². The maximum absolute atomic E-state index is 12.8. The number of unbranched alkanes of at least 4 members (excludes halogenated alkanes) is 50. The van der Waals surface area contributed by atoms with E-state index in [1.807, 2.05) is 0 Å². The van der Waals surface area contributed by atoms with Crippen LogP contribution in [0.25, 0.3) is 0 Å². The second-order valence-corrected chi connectivity index (χ2v) is 27.3. The van der Waals surface area contributed by atoms with Crippen LogP contribution in [0, 0.1) is 0 Å². The molecule has 2 unspecified atom stereocenters. The Morgan fingerprint density at radius 3 is 0.932 bits per heavy atom. The van der Waals surface area contributed by atoms with Crippen LogP contribution in [-0.2, 0) is 32.7 Å². The monoisotopic (exact) mass is 1260 g/mol. The predicted molar refractivity (Wildman–Crippen MR) is 381 cm³/mol. The van der Waals surface area contributed by atoms with Crippen LogP contribution < -0.4 is 5.73 Å². The molecule has 0 heterocycles. The summed E-state index contributed by atoms with van der Waals surface area (Å²) in [5.74, 6) is -0.802. The first-order valence-corrected chi connectivity index (χ1v) is 39.8. The Balaban J connectivity index is 3.75. The minimum absolute atomic E-state index is 0.0562. The summed E-state index contributed by atoms with van der Waals surface area (Å²) < 4.78 is 33.2. The number of carbonyl (C=O) groups is 2. The van der Waals surface area contributed by atoms with Crippen LogP contribution in [0.15, 0.2) is 60.8 Å². The van der Waals surface area contributed by atoms with Crippen molar-refractivity contribution in [1.29, 1.82) is 0 Å². The smallest absolute Gasteiger partial charge is 0.462 e. The van der Waals surface area contributed by atoms with Gasteiger partial charge in [0.25, 0.3) is 0 Å². The van der Waals surface area contributed by atoms with Gasteiger partial charge in [-0.25, -0.2) is 4.57 Å². The van der Waals surface area contributed by atoms with Crippen LogP contribution >= 0.6 is 7.82 Å². The summed E-state index contributed by atoms with van der Waals surface area (Å²) in [6.07, 6.45) is 96.4. The molecule has 0 amide bonds. The molecule has 0 aromatic carbocycles. The van der Waals surface area contributed by atoms with Gasteiger partial charge >= 0.3 is 19.8 Å². The molecule has 9 nitrogen and oxygen atoms in total. The van der Waals surface area contributed by atoms with E-state index >= 15 is 0 Å². The lowest BCUT2D eigenvalue weighted by atomic mass is 10.0. The lowest BCUT2D eigenvalue weighted by Crippen LogP contribution is -2.29. The fourth-order valence-electron chi connectivity index (χ4n) is 11.6. The molecule has 0 aromatic heterocycles. The van der Waals surface area contributed by atoms with Crippen molar-refractivity contribution >= 4 is 19.8 Å². The Labute approximate surface area is 546 Å². The largest absolute Gasteiger partial charge is 0.472 e. The first kappa shape index (κ1) is 85.7. The second-order valence-electron chi connectivity index (χ2n) is 25.9. The lowest BCUT2D eigenvalue weighted by Gasteiger charge is -2.19. The molecule has 0 aliphatic carbocycles. The predicted octanol–water partition coefficient (Wildman–Crippen LogP) is 25.4. The van der Waals surface area contributed by atoms with Crippen LogP contribution in [0.3, 0.4) is 0 Å². The van der Waals surface area contributed by atoms with Crippen LogP contribution in [0.2, 0.25) is 0 Å². The van der Waals surface area contributed by atoms with Crippen LogP contribution in [0.5, 0.6) is 0 Å². The van der Waals surface area contributed by atoms with Crippen LogP contribution in [-0.4, -0.2) is 49.3 Å². The number of esters is 2. The number of nitrogens with two attached hydrogens (primary N) is 1. The van der Waals surface area contributed by atoms with Crippen molar-refractivity contribution in [1.82, 2.24) is 0 Å². The average Bonchev–Trinajstić information content (AvgIpc) is 3.52. The third-order valence-corrected chi connectivity index (χ3v) is 18.2. The molecule has 88 heavy (non-hydrogen) atoms. The summed E-state index contributed by atoms with van der Waals surface area (Å²) >= 11 is 0. The normalized spacial score (nSPS) is 13.2. The fourth-order valence-corrected chi connectivity index (χ4v) is 12.3. The molecule has 0 fully saturated rings. The highest BCUT2D eigenvalue weighted by atomic mass is 31.2. The average molecular weight is 1260 g/mol. The van der Waals surface area contributed by atoms with E-state index in [1.54, 1.807) is 0 Å². The molecular formula is C78H146NO8P. The summed E-state index contributed by atoms with van der Waals surface area (Å²) in [7, 11) is -4.39. The molecule has 0 aromatic rings. The van der Waals surface area contributed by atoms with Gasteiger partial charge in [0, 0.05) is 19.4 Å². The summed E-state index contributed by atoms with van der Waals surface area (Å²) in [5, 5.41) is 0. The minimum Gasteiger partial charge on any atom is -0.462 e. The molecule has 0 bridgehead atoms. The molecule has 0 radical (unpaired) electrons. The summed E-state index contributed by atoms with van der Waals surface area (Å²) in [5.41, 5.74) is 5.41. The van der Waals surface area contributed by atoms with E-state index in [0.29, 0.717) is 6.42 Å². The zero-order valence-electron chi connectivity index (χ0n) is 58.2. The van der Waals surface area contributed by atoms with Gasteiger partial charge in [-0.05, 0) is 57.8 Å². The number of ether oxygens (including phenoxy) is 2. The number of allylic oxidation sites excluding steroid dienone is 10. The van der Waals surface area contributed by atoms with Crippen molar-refractivity contribution in [3.8, 4) is 0 Å². The van der Waals surface area contributed by atoms with Gasteiger partial charge in [-0.1, -0.05) is 383 Å². The minimum atomic E-state index is -4.39. The van der Waals surface area contributed by atoms with Gasteiger partial charge in [-0.2, -0.15) is 0 Å². The Hall–Kier alpha value is -2.29. The molecule has 0 spiro atoms. The van der Waals surface area contributed by atoms with Crippen molar-refractivity contribution in [2.75, 3.05) is 26.4 Å². The van der Waals surface area contributed by atoms with Gasteiger partial charge in [0.1, 0.15) is 6.61 Å². The quantitative estimate of drug-likeness (QED) is 0.0264. The molecule has 0 aliphatic rings. The Morgan fingerprint density at radius 2 is 0.625 bits per heavy atom. The van der Waals surface area contributed by atoms with Gasteiger partial charge < -0.3 is 20.1 Å². The number of hydrogen-bond donors (Lipinski definition) is 2. The van der Waals surface area contributed by atoms with E-state index in [-0.39, 0.29) is 38.6 Å². The highest BCUT2D eigenvalue weighted by Crippen LogP contribution is 2.43. The molecule has 0 saturated heterocycles. The number of phosphoric acid groups is 1. The Bertz CT molecular complexity index is 1630. The van der Waals surface area contributed by atoms with E-state index in [1.165, 1.54) is 295 Å². The SMILES string of the molecule is CC/C=C\C/C=C\C/C=C\C/C=C\C/C=C\CCCCCCCCCCCCCCCCCCCCCCCCCCCC(=O)OC(COC(=O)CCCCCCCCCCCCCCCCCCCCCCCCCCCC)COP(=O)(O)OCCN. The highest BCUT2D eigenvalue weighted by molar-refractivity contribution is 7.47. The number of hydrogen-bond acceptors (Lipinski definition) is 8. The molecule has 516 valence electrons. The van der Waals surface area contributed by atoms with Gasteiger partial charge in [0.15, 0.2) is 6.10 Å². The number of rotatable bonds is 73. The zero-order chi connectivity index (χ0) is 63.7. The van der Waals surface area contributed by atoms with E-state index in [4.69, 9.17) is 24.3 Å². The Kier molecular flexibility index (Phi) is 71.8. The van der Waals surface area contributed by atoms with E-state index < -0.39 is 26.5 Å². The van der Waals surface area contributed by atoms with Gasteiger partial charge in [0.05, 0.1) is 13.2 Å². The first-order chi connectivity index (χ1) is 43.3. The first-order valence-electron chi connectivity index (χ1n) is 38.3. The van der Waals surface area contributed by atoms with E-state index in [0.717, 1.165) is 64.2 Å². The summed E-state index contributed by atoms with van der Waals surface area (Å²) in [6, 6.07) is 0. The van der Waals surface area contributed by atoms with Crippen molar-refractivity contribution in [2.45, 2.75) is 399 Å². The van der Waals surface area contributed by atoms with Crippen molar-refractivity contribution in [3.05, 3.63) is 60.8 Å². The zero-order valence-corrected chi connectivity index (χ0v) is 59.1. The molecule has 2 atom stereocenters. The molecule has 0 rings (SSSR count). The lowest BCUT2D eigenvalue weighted by molar-refractivity contribution is -0.161. The third kappa shape index (κ3) is 72.8. The second kappa shape index (κ2) is 73.8. The van der Waals surface area contributed by atoms with E-state index in [9.17, 15) is 19.0 Å². The summed E-state index contributed by atoms with van der Waals surface area (Å²) in [4.78, 5) is 35.4. The number of carbonyl (C=O) groups excluding carboxylic acids is 2. The Morgan fingerprint density at radius 1 is 0.352 bits per heavy atom. The molecular weight excluding hydrogens is 1110 g/mol. The number of phosphoric ester groups is 1. The third-order valence-electron chi connectivity index (χ3n) is 17.2. The maximum atomic E-state index is 12.8. The standard InChI is InChI=1S/C78H146NO8P/c1-3-5-7-9-11-13-15-17-19-21-23-25-27-29-31-32-33-34-35-36-37-38-39-40-41-42-43-44-45-47-49-51-53-55-57-59-61-63-65-67-69-71-78(81)87-76(75-86-88(82,83)85-73-72-79)74-84-77(80)70-68-66-64-62-60-58-56-54-52-50-48-46-30-28-26-24-22-20-18-16-14-12-10-8-6-4-2/h5,7,11,13,17,19,23,25,29,31,76H,3-4,6,8-10,12,14-16,18,20-22,24,26-28,30,32-75,79H2,1-2H3,(H,82,83)/b7-5-,13-11-,19-17-,25-23-,31-29-. The van der Waals surface area contributed by atoms with Crippen LogP contribution in [0.1, 0.15) is 393 Å².